The van der Waals surface area contributed by atoms with E-state index in [4.69, 9.17) is 0 Å². The monoisotopic (exact) mass is 192 g/mol. The third-order valence-electron chi connectivity index (χ3n) is 2.94. The molecular formula is C11H16N2O. The molecule has 76 valence electrons. The number of aryl methyl sites for hydroxylation is 1. The maximum Gasteiger partial charge on any atom is 0.186 e. The van der Waals surface area contributed by atoms with Crippen molar-refractivity contribution in [2.45, 2.75) is 32.1 Å². The van der Waals surface area contributed by atoms with E-state index in [0.717, 1.165) is 12.8 Å². The molecule has 0 bridgehead atoms. The molecule has 0 aromatic carbocycles. The van der Waals surface area contributed by atoms with Crippen molar-refractivity contribution in [3.63, 3.8) is 0 Å². The van der Waals surface area contributed by atoms with E-state index in [2.05, 4.69) is 5.10 Å². The van der Waals surface area contributed by atoms with Crippen molar-refractivity contribution in [1.29, 1.82) is 0 Å². The van der Waals surface area contributed by atoms with Crippen LogP contribution in [0.1, 0.15) is 42.6 Å². The van der Waals surface area contributed by atoms with Gasteiger partial charge in [0.1, 0.15) is 5.69 Å². The second kappa shape index (κ2) is 3.95. The highest BCUT2D eigenvalue weighted by molar-refractivity contribution is 5.96. The largest absolute Gasteiger partial charge is 0.292 e. The lowest BCUT2D eigenvalue weighted by Crippen LogP contribution is -2.18. The number of rotatable bonds is 2. The summed E-state index contributed by atoms with van der Waals surface area (Å²) in [5.74, 6) is 0.476. The highest BCUT2D eigenvalue weighted by atomic mass is 16.1. The minimum Gasteiger partial charge on any atom is -0.292 e. The van der Waals surface area contributed by atoms with Crippen LogP contribution in [0.15, 0.2) is 12.3 Å². The maximum atomic E-state index is 11.9. The van der Waals surface area contributed by atoms with Gasteiger partial charge in [0.05, 0.1) is 0 Å². The molecule has 3 heteroatoms. The van der Waals surface area contributed by atoms with Gasteiger partial charge in [-0.2, -0.15) is 5.10 Å². The molecule has 0 saturated heterocycles. The molecule has 1 aliphatic rings. The fourth-order valence-electron chi connectivity index (χ4n) is 2.12. The molecule has 3 nitrogen and oxygen atoms in total. The average molecular weight is 192 g/mol. The molecule has 1 fully saturated rings. The number of aromatic nitrogens is 2. The fraction of sp³-hybridized carbons (Fsp3) is 0.636. The number of hydrogen-bond acceptors (Lipinski definition) is 2. The summed E-state index contributed by atoms with van der Waals surface area (Å²) >= 11 is 0. The topological polar surface area (TPSA) is 34.9 Å². The first-order valence-corrected chi connectivity index (χ1v) is 5.31. The molecule has 0 unspecified atom stereocenters. The molecule has 0 spiro atoms. The highest BCUT2D eigenvalue weighted by Gasteiger charge is 2.23. The Bertz CT molecular complexity index is 324. The quantitative estimate of drug-likeness (QED) is 0.673. The van der Waals surface area contributed by atoms with Gasteiger partial charge in [-0.15, -0.1) is 0 Å². The summed E-state index contributed by atoms with van der Waals surface area (Å²) in [7, 11) is 1.84. The predicted octanol–water partition coefficient (Wildman–Crippen LogP) is 2.18. The third kappa shape index (κ3) is 1.86. The van der Waals surface area contributed by atoms with Gasteiger partial charge in [-0.1, -0.05) is 19.3 Å². The molecule has 1 aliphatic carbocycles. The van der Waals surface area contributed by atoms with E-state index in [1.165, 1.54) is 19.3 Å². The first-order valence-electron chi connectivity index (χ1n) is 5.31. The Hall–Kier alpha value is -1.12. The molecule has 0 N–H and O–H groups in total. The molecule has 1 saturated carbocycles. The second-order valence-electron chi connectivity index (χ2n) is 4.07. The van der Waals surface area contributed by atoms with Crippen LogP contribution in [0.2, 0.25) is 0 Å². The molecule has 1 heterocycles. The lowest BCUT2D eigenvalue weighted by Gasteiger charge is -2.18. The number of hydrogen-bond donors (Lipinski definition) is 0. The Morgan fingerprint density at radius 1 is 1.43 bits per heavy atom. The standard InChI is InChI=1S/C11H16N2O/c1-13-8-7-10(12-13)11(14)9-5-3-2-4-6-9/h7-9H,2-6H2,1H3. The van der Waals surface area contributed by atoms with Gasteiger partial charge in [0.15, 0.2) is 5.78 Å². The van der Waals surface area contributed by atoms with E-state index in [9.17, 15) is 4.79 Å². The van der Waals surface area contributed by atoms with Crippen LogP contribution in [0.25, 0.3) is 0 Å². The van der Waals surface area contributed by atoms with Gasteiger partial charge >= 0.3 is 0 Å². The van der Waals surface area contributed by atoms with Gasteiger partial charge in [0.25, 0.3) is 0 Å². The first-order chi connectivity index (χ1) is 6.77. The highest BCUT2D eigenvalue weighted by Crippen LogP contribution is 2.26. The first kappa shape index (κ1) is 9.44. The SMILES string of the molecule is Cn1ccc(C(=O)C2CCCCC2)n1. The zero-order chi connectivity index (χ0) is 9.97. The molecule has 2 rings (SSSR count). The van der Waals surface area contributed by atoms with Crippen LogP contribution in [-0.4, -0.2) is 15.6 Å². The van der Waals surface area contributed by atoms with Crippen LogP contribution >= 0.6 is 0 Å². The van der Waals surface area contributed by atoms with E-state index in [-0.39, 0.29) is 11.7 Å². The Morgan fingerprint density at radius 2 is 2.14 bits per heavy atom. The zero-order valence-corrected chi connectivity index (χ0v) is 8.57. The Morgan fingerprint density at radius 3 is 2.71 bits per heavy atom. The summed E-state index contributed by atoms with van der Waals surface area (Å²) in [6.45, 7) is 0. The van der Waals surface area contributed by atoms with Gasteiger partial charge in [0.2, 0.25) is 0 Å². The Labute approximate surface area is 84.1 Å². The molecule has 0 atom stereocenters. The van der Waals surface area contributed by atoms with Crippen molar-refractivity contribution < 1.29 is 4.79 Å². The molecule has 1 aromatic heterocycles. The van der Waals surface area contributed by atoms with Crippen LogP contribution in [0, 0.1) is 5.92 Å². The summed E-state index contributed by atoms with van der Waals surface area (Å²) < 4.78 is 1.69. The summed E-state index contributed by atoms with van der Waals surface area (Å²) in [6, 6.07) is 1.82. The second-order valence-corrected chi connectivity index (χ2v) is 4.07. The number of carbonyl (C=O) groups is 1. The normalized spacial score (nSPS) is 18.4. The van der Waals surface area contributed by atoms with E-state index in [0.29, 0.717) is 5.69 Å². The molecule has 0 radical (unpaired) electrons. The zero-order valence-electron chi connectivity index (χ0n) is 8.57. The Kier molecular flexibility index (Phi) is 2.66. The van der Waals surface area contributed by atoms with E-state index in [1.54, 1.807) is 4.68 Å². The van der Waals surface area contributed by atoms with Crippen LogP contribution in [0.5, 0.6) is 0 Å². The minimum atomic E-state index is 0.235. The third-order valence-corrected chi connectivity index (χ3v) is 2.94. The van der Waals surface area contributed by atoms with Gasteiger partial charge < -0.3 is 0 Å². The van der Waals surface area contributed by atoms with Crippen molar-refractivity contribution in [3.05, 3.63) is 18.0 Å². The minimum absolute atomic E-state index is 0.235. The molecule has 0 aliphatic heterocycles. The van der Waals surface area contributed by atoms with Crippen molar-refractivity contribution in [1.82, 2.24) is 9.78 Å². The molecule has 14 heavy (non-hydrogen) atoms. The van der Waals surface area contributed by atoms with Gasteiger partial charge in [-0.05, 0) is 18.9 Å². The van der Waals surface area contributed by atoms with Crippen molar-refractivity contribution in [2.24, 2.45) is 13.0 Å². The summed E-state index contributed by atoms with van der Waals surface area (Å²) in [5.41, 5.74) is 0.638. The van der Waals surface area contributed by atoms with E-state index >= 15 is 0 Å². The maximum absolute atomic E-state index is 11.9. The van der Waals surface area contributed by atoms with Crippen LogP contribution in [0.3, 0.4) is 0 Å². The number of Topliss-reactive ketones (excluding diaryl/α,β-unsaturated/α-hetero) is 1. The average Bonchev–Trinajstić information content (AvgIpc) is 2.65. The van der Waals surface area contributed by atoms with Crippen LogP contribution < -0.4 is 0 Å². The van der Waals surface area contributed by atoms with Gasteiger partial charge in [-0.3, -0.25) is 9.48 Å². The Balaban J connectivity index is 2.07. The molecular weight excluding hydrogens is 176 g/mol. The number of nitrogens with zero attached hydrogens (tertiary/aromatic N) is 2. The van der Waals surface area contributed by atoms with Crippen LogP contribution in [-0.2, 0) is 7.05 Å². The van der Waals surface area contributed by atoms with Crippen molar-refractivity contribution >= 4 is 5.78 Å². The van der Waals surface area contributed by atoms with Crippen molar-refractivity contribution in [2.75, 3.05) is 0 Å². The van der Waals surface area contributed by atoms with Gasteiger partial charge in [-0.25, -0.2) is 0 Å². The van der Waals surface area contributed by atoms with Crippen LogP contribution in [0.4, 0.5) is 0 Å². The summed E-state index contributed by atoms with van der Waals surface area (Å²) in [5, 5.41) is 4.15. The fourth-order valence-corrected chi connectivity index (χ4v) is 2.12. The summed E-state index contributed by atoms with van der Waals surface area (Å²) in [6.07, 6.45) is 7.61. The number of ketones is 1. The van der Waals surface area contributed by atoms with Crippen molar-refractivity contribution in [3.8, 4) is 0 Å². The predicted molar refractivity (Wildman–Crippen MR) is 54.1 cm³/mol. The van der Waals surface area contributed by atoms with E-state index in [1.807, 2.05) is 19.3 Å². The number of carbonyl (C=O) groups excluding carboxylic acids is 1. The van der Waals surface area contributed by atoms with Gasteiger partial charge in [0, 0.05) is 19.2 Å². The lowest BCUT2D eigenvalue weighted by atomic mass is 9.85. The smallest absolute Gasteiger partial charge is 0.186 e. The lowest BCUT2D eigenvalue weighted by molar-refractivity contribution is 0.0883. The molecule has 1 aromatic rings. The van der Waals surface area contributed by atoms with E-state index < -0.39 is 0 Å². The summed E-state index contributed by atoms with van der Waals surface area (Å²) in [4.78, 5) is 11.9. The molecule has 0 amide bonds.